The summed E-state index contributed by atoms with van der Waals surface area (Å²) < 4.78 is 13.6. The number of H-pyrrole nitrogens is 1. The van der Waals surface area contributed by atoms with Gasteiger partial charge in [-0.2, -0.15) is 4.98 Å². The molecule has 0 fully saturated rings. The lowest BCUT2D eigenvalue weighted by Crippen LogP contribution is -1.92. The van der Waals surface area contributed by atoms with Gasteiger partial charge in [-0.1, -0.05) is 30.3 Å². The predicted molar refractivity (Wildman–Crippen MR) is 90.8 cm³/mol. The van der Waals surface area contributed by atoms with E-state index >= 15 is 0 Å². The summed E-state index contributed by atoms with van der Waals surface area (Å²) in [4.78, 5) is 5.38. The molecule has 0 amide bonds. The maximum Gasteiger partial charge on any atom is 0.252 e. The first-order valence-corrected chi connectivity index (χ1v) is 7.74. The molecule has 0 aliphatic heterocycles. The third-order valence-corrected chi connectivity index (χ3v) is 3.92. The Bertz CT molecular complexity index is 777. The first kappa shape index (κ1) is 15.2. The second-order valence-electron chi connectivity index (χ2n) is 4.59. The van der Waals surface area contributed by atoms with E-state index < -0.39 is 0 Å². The van der Waals surface area contributed by atoms with Gasteiger partial charge in [0, 0.05) is 10.5 Å². The van der Waals surface area contributed by atoms with Crippen LogP contribution in [0.4, 0.5) is 5.95 Å². The summed E-state index contributed by atoms with van der Waals surface area (Å²) in [5, 5.41) is 7.08. The SMILES string of the molecule is COc1ccc(SNc2n[nH]c(-c3ccccc3)n2)cc1OC. The van der Waals surface area contributed by atoms with Crippen molar-refractivity contribution in [3.8, 4) is 22.9 Å². The second-order valence-corrected chi connectivity index (χ2v) is 5.47. The highest BCUT2D eigenvalue weighted by Crippen LogP contribution is 2.32. The van der Waals surface area contributed by atoms with Crippen LogP contribution in [0, 0.1) is 0 Å². The summed E-state index contributed by atoms with van der Waals surface area (Å²) in [5.74, 6) is 2.62. The maximum atomic E-state index is 5.29. The summed E-state index contributed by atoms with van der Waals surface area (Å²) in [6, 6.07) is 15.5. The number of anilines is 1. The normalized spacial score (nSPS) is 10.3. The van der Waals surface area contributed by atoms with Crippen LogP contribution >= 0.6 is 11.9 Å². The Morgan fingerprint density at radius 3 is 2.52 bits per heavy atom. The molecule has 0 aliphatic rings. The fourth-order valence-electron chi connectivity index (χ4n) is 2.02. The van der Waals surface area contributed by atoms with Gasteiger partial charge < -0.3 is 9.47 Å². The summed E-state index contributed by atoms with van der Waals surface area (Å²) in [5.41, 5.74) is 0.990. The highest BCUT2D eigenvalue weighted by atomic mass is 32.2. The minimum absolute atomic E-state index is 0.517. The molecule has 0 bridgehead atoms. The molecule has 7 heteroatoms. The van der Waals surface area contributed by atoms with E-state index in [-0.39, 0.29) is 0 Å². The lowest BCUT2D eigenvalue weighted by Gasteiger charge is -2.08. The van der Waals surface area contributed by atoms with Gasteiger partial charge in [0.1, 0.15) is 0 Å². The molecule has 1 aromatic heterocycles. The Morgan fingerprint density at radius 1 is 1.00 bits per heavy atom. The van der Waals surface area contributed by atoms with Crippen molar-refractivity contribution in [1.82, 2.24) is 15.2 Å². The van der Waals surface area contributed by atoms with Crippen molar-refractivity contribution in [2.45, 2.75) is 4.90 Å². The lowest BCUT2D eigenvalue weighted by molar-refractivity contribution is 0.354. The van der Waals surface area contributed by atoms with Crippen molar-refractivity contribution in [2.75, 3.05) is 18.9 Å². The maximum absolute atomic E-state index is 5.29. The molecule has 3 rings (SSSR count). The van der Waals surface area contributed by atoms with E-state index in [4.69, 9.17) is 9.47 Å². The number of rotatable bonds is 6. The molecule has 0 saturated carbocycles. The van der Waals surface area contributed by atoms with E-state index in [1.807, 2.05) is 48.5 Å². The number of benzene rings is 2. The van der Waals surface area contributed by atoms with Gasteiger partial charge in [0.25, 0.3) is 5.95 Å². The van der Waals surface area contributed by atoms with Crippen LogP contribution in [0.25, 0.3) is 11.4 Å². The Morgan fingerprint density at radius 2 is 1.78 bits per heavy atom. The van der Waals surface area contributed by atoms with Crippen LogP contribution in [0.2, 0.25) is 0 Å². The van der Waals surface area contributed by atoms with Crippen LogP contribution in [0.15, 0.2) is 53.4 Å². The zero-order valence-corrected chi connectivity index (χ0v) is 13.6. The lowest BCUT2D eigenvalue weighted by atomic mass is 10.2. The standard InChI is InChI=1S/C16H16N4O2S/c1-21-13-9-8-12(10-14(13)22-2)23-20-16-17-15(18-19-16)11-6-4-3-5-7-11/h3-10H,1-2H3,(H2,17,18,19,20). The number of hydrogen-bond donors (Lipinski definition) is 2. The first-order chi connectivity index (χ1) is 11.3. The fourth-order valence-corrected chi connectivity index (χ4v) is 2.62. The number of aromatic amines is 1. The Kier molecular flexibility index (Phi) is 4.68. The number of nitrogens with zero attached hydrogens (tertiary/aromatic N) is 2. The molecule has 0 radical (unpaired) electrons. The van der Waals surface area contributed by atoms with Gasteiger partial charge in [0.2, 0.25) is 0 Å². The highest BCUT2D eigenvalue weighted by Gasteiger charge is 2.08. The Labute approximate surface area is 138 Å². The van der Waals surface area contributed by atoms with E-state index in [2.05, 4.69) is 19.9 Å². The largest absolute Gasteiger partial charge is 0.493 e. The minimum atomic E-state index is 0.517. The van der Waals surface area contributed by atoms with Gasteiger partial charge in [-0.3, -0.25) is 9.82 Å². The van der Waals surface area contributed by atoms with Crippen LogP contribution < -0.4 is 14.2 Å². The van der Waals surface area contributed by atoms with Crippen molar-refractivity contribution in [1.29, 1.82) is 0 Å². The van der Waals surface area contributed by atoms with Gasteiger partial charge in [-0.15, -0.1) is 5.10 Å². The number of nitrogens with one attached hydrogen (secondary N) is 2. The smallest absolute Gasteiger partial charge is 0.252 e. The van der Waals surface area contributed by atoms with Gasteiger partial charge >= 0.3 is 0 Å². The van der Waals surface area contributed by atoms with Crippen molar-refractivity contribution in [2.24, 2.45) is 0 Å². The zero-order chi connectivity index (χ0) is 16.1. The molecule has 0 unspecified atom stereocenters. The molecule has 3 aromatic rings. The van der Waals surface area contributed by atoms with Crippen LogP contribution in [0.3, 0.4) is 0 Å². The molecule has 2 N–H and O–H groups in total. The van der Waals surface area contributed by atoms with Crippen LogP contribution in [-0.2, 0) is 0 Å². The van der Waals surface area contributed by atoms with Crippen molar-refractivity contribution in [3.05, 3.63) is 48.5 Å². The molecule has 0 atom stereocenters. The van der Waals surface area contributed by atoms with E-state index in [0.717, 1.165) is 16.3 Å². The summed E-state index contributed by atoms with van der Waals surface area (Å²) >= 11 is 1.40. The summed E-state index contributed by atoms with van der Waals surface area (Å²) in [6.07, 6.45) is 0. The molecule has 118 valence electrons. The fraction of sp³-hybridized carbons (Fsp3) is 0.125. The summed E-state index contributed by atoms with van der Waals surface area (Å²) in [7, 11) is 3.23. The number of aromatic nitrogens is 3. The monoisotopic (exact) mass is 328 g/mol. The van der Waals surface area contributed by atoms with Crippen molar-refractivity contribution >= 4 is 17.9 Å². The quantitative estimate of drug-likeness (QED) is 0.674. The molecule has 0 spiro atoms. The van der Waals surface area contributed by atoms with E-state index in [1.165, 1.54) is 11.9 Å². The Hall–Kier alpha value is -2.67. The van der Waals surface area contributed by atoms with E-state index in [1.54, 1.807) is 14.2 Å². The molecule has 2 aromatic carbocycles. The van der Waals surface area contributed by atoms with Crippen LogP contribution in [0.5, 0.6) is 11.5 Å². The van der Waals surface area contributed by atoms with Gasteiger partial charge in [-0.25, -0.2) is 0 Å². The second kappa shape index (κ2) is 7.06. The van der Waals surface area contributed by atoms with Gasteiger partial charge in [0.15, 0.2) is 17.3 Å². The van der Waals surface area contributed by atoms with Crippen molar-refractivity contribution < 1.29 is 9.47 Å². The van der Waals surface area contributed by atoms with E-state index in [9.17, 15) is 0 Å². The van der Waals surface area contributed by atoms with Gasteiger partial charge in [0.05, 0.1) is 14.2 Å². The average Bonchev–Trinajstić information content (AvgIpc) is 3.09. The zero-order valence-electron chi connectivity index (χ0n) is 12.7. The number of methoxy groups -OCH3 is 2. The highest BCUT2D eigenvalue weighted by molar-refractivity contribution is 8.00. The average molecular weight is 328 g/mol. The Balaban J connectivity index is 1.68. The molecular weight excluding hydrogens is 312 g/mol. The minimum Gasteiger partial charge on any atom is -0.493 e. The first-order valence-electron chi connectivity index (χ1n) is 6.93. The number of ether oxygens (including phenoxy) is 2. The third-order valence-electron chi connectivity index (χ3n) is 3.15. The molecule has 1 heterocycles. The van der Waals surface area contributed by atoms with Crippen molar-refractivity contribution in [3.63, 3.8) is 0 Å². The summed E-state index contributed by atoms with van der Waals surface area (Å²) in [6.45, 7) is 0. The van der Waals surface area contributed by atoms with E-state index in [0.29, 0.717) is 17.4 Å². The van der Waals surface area contributed by atoms with Crippen LogP contribution in [-0.4, -0.2) is 29.4 Å². The van der Waals surface area contributed by atoms with Gasteiger partial charge in [-0.05, 0) is 30.1 Å². The molecule has 6 nitrogen and oxygen atoms in total. The predicted octanol–water partition coefficient (Wildman–Crippen LogP) is 3.61. The topological polar surface area (TPSA) is 72.1 Å². The molecule has 0 aliphatic carbocycles. The van der Waals surface area contributed by atoms with Crippen LogP contribution in [0.1, 0.15) is 0 Å². The molecule has 23 heavy (non-hydrogen) atoms. The molecule has 0 saturated heterocycles. The number of hydrogen-bond acceptors (Lipinski definition) is 6. The molecular formula is C16H16N4O2S. The third kappa shape index (κ3) is 3.57.